The van der Waals surface area contributed by atoms with E-state index in [-0.39, 0.29) is 45.5 Å². The molecule has 1 aromatic rings. The lowest BCUT2D eigenvalue weighted by Crippen LogP contribution is -2.69. The number of phenolic OH excluding ortho intramolecular Hbond substituents is 2. The van der Waals surface area contributed by atoms with Crippen molar-refractivity contribution < 1.29 is 34.8 Å². The molecule has 0 saturated heterocycles. The molecular weight excluding hydrogens is 580 g/mol. The van der Waals surface area contributed by atoms with Gasteiger partial charge in [0.2, 0.25) is 0 Å². The number of esters is 1. The molecule has 7 nitrogen and oxygen atoms in total. The van der Waals surface area contributed by atoms with Crippen LogP contribution in [0.2, 0.25) is 0 Å². The fourth-order valence-electron chi connectivity index (χ4n) is 12.8. The molecule has 11 atom stereocenters. The second-order valence-corrected chi connectivity index (χ2v) is 17.2. The number of fused-ring (bicyclic) bond motifs is 7. The van der Waals surface area contributed by atoms with Crippen LogP contribution >= 0.6 is 0 Å². The van der Waals surface area contributed by atoms with Gasteiger partial charge in [0.25, 0.3) is 0 Å². The topological polar surface area (TPSA) is 124 Å². The molecule has 1 aromatic carbocycles. The number of carboxylic acids is 1. The van der Waals surface area contributed by atoms with Crippen LogP contribution in [0, 0.1) is 56.7 Å². The van der Waals surface area contributed by atoms with E-state index in [1.54, 1.807) is 6.07 Å². The predicted octanol–water partition coefficient (Wildman–Crippen LogP) is 7.74. The maximum atomic E-state index is 13.0. The van der Waals surface area contributed by atoms with Gasteiger partial charge in [0.05, 0.1) is 11.5 Å². The van der Waals surface area contributed by atoms with Gasteiger partial charge in [0.15, 0.2) is 11.5 Å². The van der Waals surface area contributed by atoms with E-state index < -0.39 is 35.0 Å². The molecule has 5 aliphatic rings. The summed E-state index contributed by atoms with van der Waals surface area (Å²) >= 11 is 0. The number of carboxylic acid groups (broad SMARTS) is 1. The Hall–Kier alpha value is -2.80. The van der Waals surface area contributed by atoms with Crippen LogP contribution < -0.4 is 0 Å². The van der Waals surface area contributed by atoms with Gasteiger partial charge in [-0.05, 0) is 134 Å². The lowest BCUT2D eigenvalue weighted by Gasteiger charge is -2.73. The highest BCUT2D eigenvalue weighted by Crippen LogP contribution is 2.77. The minimum absolute atomic E-state index is 0.00256. The van der Waals surface area contributed by atoms with Gasteiger partial charge in [-0.25, -0.2) is 4.79 Å². The normalized spacial score (nSPS) is 44.4. The summed E-state index contributed by atoms with van der Waals surface area (Å²) in [6, 6.07) is 4.33. The summed E-state index contributed by atoms with van der Waals surface area (Å²) in [5, 5.41) is 41.8. The highest BCUT2D eigenvalue weighted by molar-refractivity contribution is 5.87. The Morgan fingerprint density at radius 1 is 0.913 bits per heavy atom. The number of ether oxygens (including phenoxy) is 1. The average molecular weight is 635 g/mol. The summed E-state index contributed by atoms with van der Waals surface area (Å²) in [5.74, 6) is -0.321. The van der Waals surface area contributed by atoms with E-state index in [4.69, 9.17) is 4.74 Å². The minimum Gasteiger partial charge on any atom is -0.504 e. The van der Waals surface area contributed by atoms with Gasteiger partial charge in [-0.1, -0.05) is 52.8 Å². The maximum Gasteiger partial charge on any atom is 0.331 e. The predicted molar refractivity (Wildman–Crippen MR) is 177 cm³/mol. The van der Waals surface area contributed by atoms with Gasteiger partial charge in [-0.3, -0.25) is 4.79 Å². The zero-order chi connectivity index (χ0) is 33.6. The number of hydrogen-bond acceptors (Lipinski definition) is 6. The van der Waals surface area contributed by atoms with Crippen LogP contribution in [0.15, 0.2) is 36.4 Å². The van der Waals surface area contributed by atoms with E-state index in [1.807, 2.05) is 0 Å². The molecule has 252 valence electrons. The molecule has 0 spiro atoms. The van der Waals surface area contributed by atoms with E-state index in [0.717, 1.165) is 56.9 Å². The van der Waals surface area contributed by atoms with E-state index in [0.29, 0.717) is 23.8 Å². The van der Waals surface area contributed by atoms with Crippen LogP contribution in [0.1, 0.15) is 105 Å². The lowest BCUT2D eigenvalue weighted by molar-refractivity contribution is -0.265. The Morgan fingerprint density at radius 3 is 2.28 bits per heavy atom. The summed E-state index contributed by atoms with van der Waals surface area (Å²) in [6.07, 6.45) is 9.31. The van der Waals surface area contributed by atoms with Gasteiger partial charge in [0, 0.05) is 11.5 Å². The number of carbonyl (C=O) groups is 2. The Kier molecular flexibility index (Phi) is 7.82. The molecule has 5 saturated carbocycles. The molecule has 6 rings (SSSR count). The van der Waals surface area contributed by atoms with Crippen molar-refractivity contribution in [2.45, 2.75) is 112 Å². The van der Waals surface area contributed by atoms with Crippen LogP contribution in [-0.2, 0) is 14.3 Å². The van der Waals surface area contributed by atoms with E-state index >= 15 is 0 Å². The summed E-state index contributed by atoms with van der Waals surface area (Å²) in [5.41, 5.74) is 0.423. The molecule has 0 amide bonds. The fourth-order valence-corrected chi connectivity index (χ4v) is 12.8. The van der Waals surface area contributed by atoms with Crippen molar-refractivity contribution in [2.24, 2.45) is 56.7 Å². The molecule has 0 radical (unpaired) electrons. The third kappa shape index (κ3) is 4.53. The van der Waals surface area contributed by atoms with E-state index in [2.05, 4.69) is 48.1 Å². The number of phenols is 2. The zero-order valence-electron chi connectivity index (χ0n) is 28.5. The number of carbonyl (C=O) groups excluding carboxylic acids is 1. The number of rotatable bonds is 5. The van der Waals surface area contributed by atoms with Crippen molar-refractivity contribution in [3.8, 4) is 11.5 Å². The molecule has 0 heterocycles. The van der Waals surface area contributed by atoms with Gasteiger partial charge >= 0.3 is 11.9 Å². The summed E-state index contributed by atoms with van der Waals surface area (Å²) in [6.45, 7) is 18.1. The number of aliphatic hydroxyl groups excluding tert-OH is 1. The monoisotopic (exact) mass is 634 g/mol. The average Bonchev–Trinajstić information content (AvgIpc) is 3.38. The molecule has 0 unspecified atom stereocenters. The highest BCUT2D eigenvalue weighted by atomic mass is 16.6. The van der Waals surface area contributed by atoms with Crippen LogP contribution in [-0.4, -0.2) is 44.6 Å². The SMILES string of the molecule is C=C(C)[C@@H]1CC[C@]2(C(=O)O)CC[C@]3(C)[C@H](CC[C@@H]4[C@@]5(C)C[C@@H](O)[C@H](OC(=O)/C=C/c6ccc(O)c(O)c6)C(C)(C)[C@@H]5CC[C@]43C)[C@@H]12. The molecule has 5 aliphatic carbocycles. The van der Waals surface area contributed by atoms with Crippen LogP contribution in [0.4, 0.5) is 0 Å². The second-order valence-electron chi connectivity index (χ2n) is 17.2. The number of hydrogen-bond donors (Lipinski definition) is 4. The number of aliphatic carboxylic acids is 1. The standard InChI is InChI=1S/C39H54O7/c1-22(2)24-14-17-39(34(44)45)19-18-37(6)25(32(24)39)10-12-30-36(5)21-28(42)33(35(3,4)29(36)15-16-38(30,37)7)46-31(43)13-9-23-8-11-26(40)27(41)20-23/h8-9,11,13,20,24-25,28-30,32-33,40-42H,1,10,12,14-19,21H2,2-7H3,(H,44,45)/b13-9+/t24-,25+,28+,29-,30+,32+,33-,36-,37+,38+,39-/m0/s1. The molecule has 5 fully saturated rings. The largest absolute Gasteiger partial charge is 0.504 e. The fraction of sp³-hybridized carbons (Fsp3) is 0.692. The van der Waals surface area contributed by atoms with Crippen molar-refractivity contribution in [3.05, 3.63) is 42.0 Å². The highest BCUT2D eigenvalue weighted by Gasteiger charge is 2.72. The number of benzene rings is 1. The van der Waals surface area contributed by atoms with Crippen molar-refractivity contribution in [2.75, 3.05) is 0 Å². The zero-order valence-corrected chi connectivity index (χ0v) is 28.5. The van der Waals surface area contributed by atoms with Crippen LogP contribution in [0.25, 0.3) is 6.08 Å². The number of aromatic hydroxyl groups is 2. The quantitative estimate of drug-likeness (QED) is 0.113. The Morgan fingerprint density at radius 2 is 1.63 bits per heavy atom. The molecule has 46 heavy (non-hydrogen) atoms. The van der Waals surface area contributed by atoms with Crippen LogP contribution in [0.5, 0.6) is 11.5 Å². The van der Waals surface area contributed by atoms with Gasteiger partial charge < -0.3 is 25.2 Å². The number of allylic oxidation sites excluding steroid dienone is 1. The Balaban J connectivity index is 1.26. The van der Waals surface area contributed by atoms with Gasteiger partial charge in [-0.2, -0.15) is 0 Å². The first kappa shape index (κ1) is 33.1. The third-order valence-electron chi connectivity index (χ3n) is 15.0. The van der Waals surface area contributed by atoms with Crippen molar-refractivity contribution >= 4 is 18.0 Å². The first-order valence-corrected chi connectivity index (χ1v) is 17.4. The molecule has 0 bridgehead atoms. The lowest BCUT2D eigenvalue weighted by atomic mass is 9.32. The van der Waals surface area contributed by atoms with Crippen molar-refractivity contribution in [3.63, 3.8) is 0 Å². The van der Waals surface area contributed by atoms with Crippen molar-refractivity contribution in [1.82, 2.24) is 0 Å². The first-order valence-electron chi connectivity index (χ1n) is 17.4. The molecule has 0 aliphatic heterocycles. The molecule has 7 heteroatoms. The molecular formula is C39H54O7. The summed E-state index contributed by atoms with van der Waals surface area (Å²) < 4.78 is 6.02. The molecule has 4 N–H and O–H groups in total. The minimum atomic E-state index is -0.812. The molecule has 0 aromatic heterocycles. The smallest absolute Gasteiger partial charge is 0.331 e. The second kappa shape index (κ2) is 10.9. The van der Waals surface area contributed by atoms with E-state index in [1.165, 1.54) is 24.3 Å². The maximum absolute atomic E-state index is 13.0. The summed E-state index contributed by atoms with van der Waals surface area (Å²) in [4.78, 5) is 26.0. The van der Waals surface area contributed by atoms with Crippen molar-refractivity contribution in [1.29, 1.82) is 0 Å². The first-order chi connectivity index (χ1) is 21.4. The van der Waals surface area contributed by atoms with Crippen LogP contribution in [0.3, 0.4) is 0 Å². The van der Waals surface area contributed by atoms with Gasteiger partial charge in [0.1, 0.15) is 6.10 Å². The Labute approximate surface area is 274 Å². The van der Waals surface area contributed by atoms with Gasteiger partial charge in [-0.15, -0.1) is 0 Å². The third-order valence-corrected chi connectivity index (χ3v) is 15.0. The van der Waals surface area contributed by atoms with E-state index in [9.17, 15) is 30.0 Å². The Bertz CT molecular complexity index is 1460. The number of aliphatic hydroxyl groups is 1. The summed E-state index contributed by atoms with van der Waals surface area (Å²) in [7, 11) is 0.